The van der Waals surface area contributed by atoms with Crippen molar-refractivity contribution in [1.29, 1.82) is 0 Å². The summed E-state index contributed by atoms with van der Waals surface area (Å²) in [4.78, 5) is 28.8. The molecule has 1 aromatic heterocycles. The number of aliphatic carboxylic acids is 1. The van der Waals surface area contributed by atoms with Crippen molar-refractivity contribution in [2.45, 2.75) is 57.8 Å². The quantitative estimate of drug-likeness (QED) is 0.257. The van der Waals surface area contributed by atoms with Gasteiger partial charge in [-0.2, -0.15) is 0 Å². The van der Waals surface area contributed by atoms with Gasteiger partial charge in [0.2, 0.25) is 0 Å². The van der Waals surface area contributed by atoms with E-state index in [4.69, 9.17) is 5.11 Å². The van der Waals surface area contributed by atoms with Crippen LogP contribution in [-0.4, -0.2) is 21.8 Å². The maximum Gasteiger partial charge on any atom is 0.303 e. The molecule has 5 rings (SSSR count). The number of hydrogen-bond donors (Lipinski definition) is 1. The molecule has 37 heavy (non-hydrogen) atoms. The normalized spacial score (nSPS) is 17.5. The van der Waals surface area contributed by atoms with Gasteiger partial charge in [-0.1, -0.05) is 67.6 Å². The van der Waals surface area contributed by atoms with Crippen molar-refractivity contribution in [2.75, 3.05) is 0 Å². The SMILES string of the molecule is CCc1ccccc1CC(=O)c1ccnc2cc(-c3ccc(C4CCC(CC(=O)O)CC4)cc3)ccc12. The van der Waals surface area contributed by atoms with E-state index in [0.29, 0.717) is 24.7 Å². The summed E-state index contributed by atoms with van der Waals surface area (Å²) in [5.41, 5.74) is 7.39. The summed E-state index contributed by atoms with van der Waals surface area (Å²) >= 11 is 0. The van der Waals surface area contributed by atoms with Gasteiger partial charge in [-0.25, -0.2) is 0 Å². The number of hydrogen-bond acceptors (Lipinski definition) is 3. The van der Waals surface area contributed by atoms with E-state index in [1.807, 2.05) is 30.3 Å². The molecule has 4 aromatic rings. The van der Waals surface area contributed by atoms with Gasteiger partial charge in [0.1, 0.15) is 0 Å². The lowest BCUT2D eigenvalue weighted by atomic mass is 9.77. The average Bonchev–Trinajstić information content (AvgIpc) is 2.93. The van der Waals surface area contributed by atoms with E-state index >= 15 is 0 Å². The fraction of sp³-hybridized carbons (Fsp3) is 0.303. The highest BCUT2D eigenvalue weighted by Gasteiger charge is 2.24. The van der Waals surface area contributed by atoms with Crippen molar-refractivity contribution >= 4 is 22.7 Å². The highest BCUT2D eigenvalue weighted by Crippen LogP contribution is 2.38. The lowest BCUT2D eigenvalue weighted by Gasteiger charge is -2.28. The highest BCUT2D eigenvalue weighted by atomic mass is 16.4. The topological polar surface area (TPSA) is 67.3 Å². The van der Waals surface area contributed by atoms with Gasteiger partial charge in [0.15, 0.2) is 5.78 Å². The van der Waals surface area contributed by atoms with E-state index in [0.717, 1.165) is 65.3 Å². The predicted octanol–water partition coefficient (Wildman–Crippen LogP) is 7.64. The summed E-state index contributed by atoms with van der Waals surface area (Å²) in [6.07, 6.45) is 7.41. The minimum Gasteiger partial charge on any atom is -0.481 e. The van der Waals surface area contributed by atoms with Gasteiger partial charge in [0.25, 0.3) is 0 Å². The number of carboxylic acids is 1. The van der Waals surface area contributed by atoms with Crippen molar-refractivity contribution < 1.29 is 14.7 Å². The maximum atomic E-state index is 13.3. The molecule has 0 bridgehead atoms. The Morgan fingerprint density at radius 2 is 1.57 bits per heavy atom. The van der Waals surface area contributed by atoms with Gasteiger partial charge in [-0.3, -0.25) is 14.6 Å². The Bertz CT molecular complexity index is 1420. The molecule has 0 amide bonds. The molecule has 0 aliphatic heterocycles. The van der Waals surface area contributed by atoms with E-state index in [9.17, 15) is 9.59 Å². The second kappa shape index (κ2) is 11.1. The second-order valence-corrected chi connectivity index (χ2v) is 10.3. The van der Waals surface area contributed by atoms with Crippen LogP contribution in [0.1, 0.15) is 72.0 Å². The first-order valence-corrected chi connectivity index (χ1v) is 13.3. The van der Waals surface area contributed by atoms with Gasteiger partial charge < -0.3 is 5.11 Å². The molecule has 1 N–H and O–H groups in total. The van der Waals surface area contributed by atoms with E-state index in [-0.39, 0.29) is 5.78 Å². The summed E-state index contributed by atoms with van der Waals surface area (Å²) in [6, 6.07) is 24.9. The zero-order valence-corrected chi connectivity index (χ0v) is 21.3. The lowest BCUT2D eigenvalue weighted by Crippen LogP contribution is -2.16. The molecular formula is C33H33NO3. The number of rotatable bonds is 8. The molecule has 0 radical (unpaired) electrons. The Kier molecular flexibility index (Phi) is 7.45. The van der Waals surface area contributed by atoms with Crippen LogP contribution in [0.15, 0.2) is 79.0 Å². The van der Waals surface area contributed by atoms with Gasteiger partial charge in [0.05, 0.1) is 5.52 Å². The first-order chi connectivity index (χ1) is 18.0. The van der Waals surface area contributed by atoms with Gasteiger partial charge >= 0.3 is 5.97 Å². The number of nitrogens with zero attached hydrogens (tertiary/aromatic N) is 1. The molecule has 0 unspecified atom stereocenters. The number of carbonyl (C=O) groups is 2. The van der Waals surface area contributed by atoms with Crippen LogP contribution in [0, 0.1) is 5.92 Å². The lowest BCUT2D eigenvalue weighted by molar-refractivity contribution is -0.138. The van der Waals surface area contributed by atoms with Crippen LogP contribution in [-0.2, 0) is 17.6 Å². The molecule has 0 atom stereocenters. The van der Waals surface area contributed by atoms with E-state index in [1.54, 1.807) is 6.20 Å². The van der Waals surface area contributed by atoms with Crippen molar-refractivity contribution in [3.05, 3.63) is 101 Å². The molecule has 1 heterocycles. The molecule has 188 valence electrons. The fourth-order valence-electron chi connectivity index (χ4n) is 5.81. The number of aryl methyl sites for hydroxylation is 1. The Morgan fingerprint density at radius 3 is 2.27 bits per heavy atom. The largest absolute Gasteiger partial charge is 0.481 e. The number of Topliss-reactive ketones (excluding diaryl/α,β-unsaturated/α-hetero) is 1. The number of carboxylic acid groups (broad SMARTS) is 1. The minimum atomic E-state index is -0.684. The number of aromatic nitrogens is 1. The van der Waals surface area contributed by atoms with Crippen molar-refractivity contribution in [1.82, 2.24) is 4.98 Å². The molecule has 4 heteroatoms. The zero-order chi connectivity index (χ0) is 25.8. The standard InChI is InChI=1S/C33H33NO3/c1-2-23-5-3-4-6-27(23)21-32(35)30-17-18-34-31-20-28(15-16-29(30)31)26-13-11-25(12-14-26)24-9-7-22(8-10-24)19-33(36)37/h3-6,11-18,20,22,24H,2,7-10,19,21H2,1H3,(H,36,37). The number of fused-ring (bicyclic) bond motifs is 1. The van der Waals surface area contributed by atoms with E-state index in [2.05, 4.69) is 54.4 Å². The summed E-state index contributed by atoms with van der Waals surface area (Å²) in [6.45, 7) is 2.12. The maximum absolute atomic E-state index is 13.3. The second-order valence-electron chi connectivity index (χ2n) is 10.3. The third-order valence-electron chi connectivity index (χ3n) is 7.92. The Labute approximate surface area is 218 Å². The summed E-state index contributed by atoms with van der Waals surface area (Å²) in [5, 5.41) is 9.94. The van der Waals surface area contributed by atoms with Crippen molar-refractivity contribution in [3.8, 4) is 11.1 Å². The molecule has 0 saturated heterocycles. The fourth-order valence-corrected chi connectivity index (χ4v) is 5.81. The highest BCUT2D eigenvalue weighted by molar-refractivity contribution is 6.08. The van der Waals surface area contributed by atoms with Crippen LogP contribution < -0.4 is 0 Å². The average molecular weight is 492 g/mol. The minimum absolute atomic E-state index is 0.114. The summed E-state index contributed by atoms with van der Waals surface area (Å²) in [5.74, 6) is 0.250. The van der Waals surface area contributed by atoms with E-state index in [1.165, 1.54) is 11.1 Å². The molecular weight excluding hydrogens is 458 g/mol. The molecule has 3 aromatic carbocycles. The van der Waals surface area contributed by atoms with Crippen LogP contribution >= 0.6 is 0 Å². The van der Waals surface area contributed by atoms with Gasteiger partial charge in [-0.15, -0.1) is 0 Å². The third kappa shape index (κ3) is 5.64. The Morgan fingerprint density at radius 1 is 0.865 bits per heavy atom. The molecule has 1 aliphatic carbocycles. The molecule has 1 aliphatic rings. The van der Waals surface area contributed by atoms with Gasteiger partial charge in [-0.05, 0) is 83.9 Å². The number of benzene rings is 3. The molecule has 1 saturated carbocycles. The van der Waals surface area contributed by atoms with Crippen LogP contribution in [0.4, 0.5) is 0 Å². The van der Waals surface area contributed by atoms with Crippen LogP contribution in [0.2, 0.25) is 0 Å². The molecule has 0 spiro atoms. The molecule has 4 nitrogen and oxygen atoms in total. The van der Waals surface area contributed by atoms with E-state index < -0.39 is 5.97 Å². The first kappa shape index (κ1) is 24.9. The number of carbonyl (C=O) groups excluding carboxylic acids is 1. The van der Waals surface area contributed by atoms with Gasteiger partial charge in [0, 0.05) is 30.0 Å². The van der Waals surface area contributed by atoms with Crippen molar-refractivity contribution in [2.24, 2.45) is 5.92 Å². The number of ketones is 1. The van der Waals surface area contributed by atoms with Crippen LogP contribution in [0.3, 0.4) is 0 Å². The number of pyridine rings is 1. The molecule has 1 fully saturated rings. The summed E-state index contributed by atoms with van der Waals surface area (Å²) < 4.78 is 0. The zero-order valence-electron chi connectivity index (χ0n) is 21.3. The van der Waals surface area contributed by atoms with Crippen LogP contribution in [0.5, 0.6) is 0 Å². The van der Waals surface area contributed by atoms with Crippen LogP contribution in [0.25, 0.3) is 22.0 Å². The monoisotopic (exact) mass is 491 g/mol. The predicted molar refractivity (Wildman–Crippen MR) is 148 cm³/mol. The van der Waals surface area contributed by atoms with Crippen molar-refractivity contribution in [3.63, 3.8) is 0 Å². The third-order valence-corrected chi connectivity index (χ3v) is 7.92. The smallest absolute Gasteiger partial charge is 0.303 e. The Hall–Kier alpha value is -3.79. The summed E-state index contributed by atoms with van der Waals surface area (Å²) in [7, 11) is 0. The Balaban J connectivity index is 1.32. The first-order valence-electron chi connectivity index (χ1n) is 13.3.